The van der Waals surface area contributed by atoms with Crippen molar-refractivity contribution in [2.45, 2.75) is 32.4 Å². The van der Waals surface area contributed by atoms with Gasteiger partial charge in [-0.25, -0.2) is 9.48 Å². The number of rotatable bonds is 7. The molecule has 0 aliphatic heterocycles. The molecule has 0 atom stereocenters. The number of aromatic nitrogens is 2. The summed E-state index contributed by atoms with van der Waals surface area (Å²) in [7, 11) is 3.14. The van der Waals surface area contributed by atoms with Gasteiger partial charge in [0.2, 0.25) is 0 Å². The second-order valence-corrected chi connectivity index (χ2v) is 6.33. The highest BCUT2D eigenvalue weighted by Crippen LogP contribution is 2.27. The van der Waals surface area contributed by atoms with Crippen molar-refractivity contribution >= 4 is 6.03 Å². The van der Waals surface area contributed by atoms with E-state index in [1.165, 1.54) is 4.68 Å². The molecule has 0 saturated heterocycles. The van der Waals surface area contributed by atoms with Crippen LogP contribution in [0.4, 0.5) is 4.79 Å². The smallest absolute Gasteiger partial charge is 0.315 e. The fraction of sp³-hybridized carbons (Fsp3) is 0.421. The molecule has 0 bridgehead atoms. The summed E-state index contributed by atoms with van der Waals surface area (Å²) in [4.78, 5) is 24.0. The van der Waals surface area contributed by atoms with Crippen LogP contribution < -0.4 is 25.7 Å². The molecule has 8 nitrogen and oxygen atoms in total. The Kier molecular flexibility index (Phi) is 5.95. The van der Waals surface area contributed by atoms with E-state index in [1.807, 2.05) is 12.1 Å². The molecule has 144 valence electrons. The zero-order valence-electron chi connectivity index (χ0n) is 15.6. The van der Waals surface area contributed by atoms with Crippen LogP contribution in [0, 0.1) is 0 Å². The van der Waals surface area contributed by atoms with E-state index >= 15 is 0 Å². The second-order valence-electron chi connectivity index (χ2n) is 6.33. The zero-order valence-corrected chi connectivity index (χ0v) is 15.6. The molecule has 8 heteroatoms. The first-order valence-corrected chi connectivity index (χ1v) is 8.93. The third-order valence-electron chi connectivity index (χ3n) is 4.53. The molecule has 0 unspecified atom stereocenters. The number of urea groups is 1. The number of carbonyl (C=O) groups excluding carboxylic acids is 1. The molecule has 1 aromatic heterocycles. The Hall–Kier alpha value is -3.03. The van der Waals surface area contributed by atoms with Crippen molar-refractivity contribution in [1.29, 1.82) is 0 Å². The maximum Gasteiger partial charge on any atom is 0.315 e. The van der Waals surface area contributed by atoms with E-state index in [-0.39, 0.29) is 11.6 Å². The van der Waals surface area contributed by atoms with E-state index in [2.05, 4.69) is 15.7 Å². The standard InChI is InChI=1S/C19H24N4O4/c1-26-16-7-6-13(10-17(16)27-2)12-21-19(25)20-8-9-23-18(24)11-14-4-3-5-15(14)22-23/h6-7,10-11H,3-5,8-9,12H2,1-2H3,(H2,20,21,25). The lowest BCUT2D eigenvalue weighted by Gasteiger charge is -2.11. The van der Waals surface area contributed by atoms with E-state index in [0.29, 0.717) is 31.1 Å². The number of nitrogens with one attached hydrogen (secondary N) is 2. The molecule has 2 N–H and O–H groups in total. The van der Waals surface area contributed by atoms with Crippen LogP contribution in [0.1, 0.15) is 23.2 Å². The topological polar surface area (TPSA) is 94.5 Å². The summed E-state index contributed by atoms with van der Waals surface area (Å²) < 4.78 is 11.9. The number of ether oxygens (including phenoxy) is 2. The fourth-order valence-electron chi connectivity index (χ4n) is 3.11. The molecular formula is C19H24N4O4. The number of carbonyl (C=O) groups is 1. The minimum absolute atomic E-state index is 0.122. The Labute approximate surface area is 157 Å². The van der Waals surface area contributed by atoms with Gasteiger partial charge in [-0.1, -0.05) is 6.07 Å². The number of hydrogen-bond acceptors (Lipinski definition) is 5. The maximum atomic E-state index is 12.0. The highest BCUT2D eigenvalue weighted by molar-refractivity contribution is 5.73. The summed E-state index contributed by atoms with van der Waals surface area (Å²) >= 11 is 0. The predicted molar refractivity (Wildman–Crippen MR) is 100 cm³/mol. The van der Waals surface area contributed by atoms with Crippen molar-refractivity contribution in [3.05, 3.63) is 51.4 Å². The molecular weight excluding hydrogens is 348 g/mol. The van der Waals surface area contributed by atoms with Crippen LogP contribution in [0.2, 0.25) is 0 Å². The first-order chi connectivity index (χ1) is 13.1. The summed E-state index contributed by atoms with van der Waals surface area (Å²) in [5.74, 6) is 1.25. The van der Waals surface area contributed by atoms with Crippen LogP contribution in [0.3, 0.4) is 0 Å². The van der Waals surface area contributed by atoms with Gasteiger partial charge in [0.25, 0.3) is 5.56 Å². The molecule has 0 radical (unpaired) electrons. The molecule has 2 amide bonds. The molecule has 1 heterocycles. The SMILES string of the molecule is COc1ccc(CNC(=O)NCCn2nc3c(cc2=O)CCC3)cc1OC. The van der Waals surface area contributed by atoms with Gasteiger partial charge in [-0.3, -0.25) is 4.79 Å². The molecule has 0 fully saturated rings. The lowest BCUT2D eigenvalue weighted by Crippen LogP contribution is -2.38. The first kappa shape index (κ1) is 18.8. The Morgan fingerprint density at radius 2 is 1.96 bits per heavy atom. The highest BCUT2D eigenvalue weighted by atomic mass is 16.5. The quantitative estimate of drug-likeness (QED) is 0.763. The summed E-state index contributed by atoms with van der Waals surface area (Å²) in [5, 5.41) is 9.90. The van der Waals surface area contributed by atoms with Crippen molar-refractivity contribution < 1.29 is 14.3 Å². The Morgan fingerprint density at radius 3 is 2.74 bits per heavy atom. The predicted octanol–water partition coefficient (Wildman–Crippen LogP) is 1.25. The third kappa shape index (κ3) is 4.58. The van der Waals surface area contributed by atoms with Crippen LogP contribution in [-0.4, -0.2) is 36.6 Å². The minimum Gasteiger partial charge on any atom is -0.493 e. The van der Waals surface area contributed by atoms with Gasteiger partial charge in [-0.2, -0.15) is 5.10 Å². The number of aryl methyl sites for hydroxylation is 2. The van der Waals surface area contributed by atoms with Crippen LogP contribution in [0.15, 0.2) is 29.1 Å². The number of nitrogens with zero attached hydrogens (tertiary/aromatic N) is 2. The third-order valence-corrected chi connectivity index (χ3v) is 4.53. The normalized spacial score (nSPS) is 12.4. The summed E-state index contributed by atoms with van der Waals surface area (Å²) in [6, 6.07) is 6.81. The summed E-state index contributed by atoms with van der Waals surface area (Å²) in [5.41, 5.74) is 2.81. The highest BCUT2D eigenvalue weighted by Gasteiger charge is 2.14. The van der Waals surface area contributed by atoms with Crippen molar-refractivity contribution in [2.24, 2.45) is 0 Å². The first-order valence-electron chi connectivity index (χ1n) is 8.93. The van der Waals surface area contributed by atoms with Crippen LogP contribution in [-0.2, 0) is 25.9 Å². The molecule has 1 aliphatic carbocycles. The molecule has 0 spiro atoms. The van der Waals surface area contributed by atoms with Crippen LogP contribution in [0.25, 0.3) is 0 Å². The molecule has 1 aliphatic rings. The van der Waals surface area contributed by atoms with E-state index < -0.39 is 0 Å². The zero-order chi connectivity index (χ0) is 19.2. The van der Waals surface area contributed by atoms with Crippen molar-refractivity contribution in [2.75, 3.05) is 20.8 Å². The van der Waals surface area contributed by atoms with Gasteiger partial charge in [0.05, 0.1) is 26.5 Å². The Morgan fingerprint density at radius 1 is 1.15 bits per heavy atom. The van der Waals surface area contributed by atoms with Gasteiger partial charge in [0, 0.05) is 19.2 Å². The number of fused-ring (bicyclic) bond motifs is 1. The van der Waals surface area contributed by atoms with E-state index in [9.17, 15) is 9.59 Å². The second kappa shape index (κ2) is 8.57. The largest absolute Gasteiger partial charge is 0.493 e. The van der Waals surface area contributed by atoms with Gasteiger partial charge in [-0.05, 0) is 42.5 Å². The minimum atomic E-state index is -0.306. The van der Waals surface area contributed by atoms with E-state index in [1.54, 1.807) is 26.4 Å². The van der Waals surface area contributed by atoms with Crippen molar-refractivity contribution in [3.8, 4) is 11.5 Å². The van der Waals surface area contributed by atoms with Gasteiger partial charge < -0.3 is 20.1 Å². The lowest BCUT2D eigenvalue weighted by molar-refractivity contribution is 0.240. The monoisotopic (exact) mass is 372 g/mol. The van der Waals surface area contributed by atoms with Crippen molar-refractivity contribution in [1.82, 2.24) is 20.4 Å². The lowest BCUT2D eigenvalue weighted by atomic mass is 10.2. The van der Waals surface area contributed by atoms with Gasteiger partial charge in [0.15, 0.2) is 11.5 Å². The fourth-order valence-corrected chi connectivity index (χ4v) is 3.11. The van der Waals surface area contributed by atoms with Gasteiger partial charge in [-0.15, -0.1) is 0 Å². The molecule has 2 aromatic rings. The number of methoxy groups -OCH3 is 2. The summed E-state index contributed by atoms with van der Waals surface area (Å²) in [6.07, 6.45) is 2.88. The molecule has 27 heavy (non-hydrogen) atoms. The van der Waals surface area contributed by atoms with E-state index in [4.69, 9.17) is 9.47 Å². The number of amides is 2. The summed E-state index contributed by atoms with van der Waals surface area (Å²) in [6.45, 7) is 1.02. The molecule has 1 aromatic carbocycles. The average Bonchev–Trinajstić information content (AvgIpc) is 3.13. The van der Waals surface area contributed by atoms with Gasteiger partial charge in [0.1, 0.15) is 0 Å². The molecule has 0 saturated carbocycles. The van der Waals surface area contributed by atoms with Crippen LogP contribution in [0.5, 0.6) is 11.5 Å². The number of hydrogen-bond donors (Lipinski definition) is 2. The Balaban J connectivity index is 1.47. The molecule has 3 rings (SSSR count). The van der Waals surface area contributed by atoms with Crippen molar-refractivity contribution in [3.63, 3.8) is 0 Å². The van der Waals surface area contributed by atoms with E-state index in [0.717, 1.165) is 36.1 Å². The number of benzene rings is 1. The maximum absolute atomic E-state index is 12.0. The average molecular weight is 372 g/mol. The van der Waals surface area contributed by atoms with Crippen LogP contribution >= 0.6 is 0 Å². The van der Waals surface area contributed by atoms with Gasteiger partial charge >= 0.3 is 6.03 Å². The Bertz CT molecular complexity index is 878.